The van der Waals surface area contributed by atoms with E-state index in [0.29, 0.717) is 6.42 Å². The predicted molar refractivity (Wildman–Crippen MR) is 80.1 cm³/mol. The Morgan fingerprint density at radius 3 is 2.90 bits per heavy atom. The highest BCUT2D eigenvalue weighted by molar-refractivity contribution is 7.17. The number of fused-ring (bicyclic) bond motifs is 2. The minimum Gasteiger partial charge on any atom is -0.293 e. The lowest BCUT2D eigenvalue weighted by Gasteiger charge is -2.06. The highest BCUT2D eigenvalue weighted by atomic mass is 32.1. The molecule has 20 heavy (non-hydrogen) atoms. The van der Waals surface area contributed by atoms with Crippen LogP contribution in [0.5, 0.6) is 0 Å². The monoisotopic (exact) mass is 280 g/mol. The number of nitrogens with zero attached hydrogens (tertiary/aromatic N) is 2. The largest absolute Gasteiger partial charge is 0.293 e. The quantitative estimate of drug-likeness (QED) is 0.679. The Morgan fingerprint density at radius 1 is 1.10 bits per heavy atom. The Labute approximate surface area is 120 Å². The van der Waals surface area contributed by atoms with Crippen LogP contribution in [0, 0.1) is 0 Å². The summed E-state index contributed by atoms with van der Waals surface area (Å²) in [7, 11) is 0. The Hall–Kier alpha value is -2.07. The van der Waals surface area contributed by atoms with Crippen LogP contribution >= 0.6 is 11.3 Å². The van der Waals surface area contributed by atoms with Crippen molar-refractivity contribution >= 4 is 27.9 Å². The maximum absolute atomic E-state index is 11.9. The molecule has 0 bridgehead atoms. The van der Waals surface area contributed by atoms with E-state index in [1.54, 1.807) is 6.20 Å². The lowest BCUT2D eigenvalue weighted by atomic mass is 10.0. The average Bonchev–Trinajstić information content (AvgIpc) is 2.92. The summed E-state index contributed by atoms with van der Waals surface area (Å²) in [4.78, 5) is 21.9. The summed E-state index contributed by atoms with van der Waals surface area (Å²) in [6.45, 7) is 0. The van der Waals surface area contributed by atoms with Crippen LogP contribution in [0.25, 0.3) is 21.5 Å². The molecule has 3 nitrogen and oxygen atoms in total. The second kappa shape index (κ2) is 4.49. The van der Waals surface area contributed by atoms with Gasteiger partial charge in [-0.2, -0.15) is 0 Å². The number of carbonyl (C=O) groups excluding carboxylic acids is 1. The zero-order chi connectivity index (χ0) is 13.5. The van der Waals surface area contributed by atoms with Gasteiger partial charge in [0.05, 0.1) is 10.6 Å². The number of pyridine rings is 1. The smallest absolute Gasteiger partial charge is 0.174 e. The number of carbonyl (C=O) groups is 1. The Bertz CT molecular complexity index is 817. The van der Waals surface area contributed by atoms with Gasteiger partial charge in [0.25, 0.3) is 0 Å². The summed E-state index contributed by atoms with van der Waals surface area (Å²) in [5.41, 5.74) is 1.84. The van der Waals surface area contributed by atoms with Crippen molar-refractivity contribution in [2.45, 2.75) is 19.3 Å². The van der Waals surface area contributed by atoms with E-state index in [2.05, 4.69) is 22.1 Å². The Balaban J connectivity index is 1.94. The van der Waals surface area contributed by atoms with E-state index in [9.17, 15) is 4.79 Å². The van der Waals surface area contributed by atoms with Gasteiger partial charge in [0.2, 0.25) is 0 Å². The van der Waals surface area contributed by atoms with Crippen molar-refractivity contribution in [1.82, 2.24) is 9.97 Å². The van der Waals surface area contributed by atoms with Crippen LogP contribution in [-0.4, -0.2) is 15.8 Å². The van der Waals surface area contributed by atoms with Gasteiger partial charge in [-0.1, -0.05) is 24.3 Å². The Kier molecular flexibility index (Phi) is 2.63. The van der Waals surface area contributed by atoms with Crippen molar-refractivity contribution in [3.8, 4) is 10.7 Å². The molecule has 0 unspecified atom stereocenters. The third kappa shape index (κ3) is 1.76. The molecule has 4 rings (SSSR count). The number of Topliss-reactive ketones (excluding diaryl/α,β-unsaturated/α-hetero) is 1. The average molecular weight is 280 g/mol. The van der Waals surface area contributed by atoms with E-state index in [-0.39, 0.29) is 5.78 Å². The van der Waals surface area contributed by atoms with Crippen LogP contribution in [0.3, 0.4) is 0 Å². The molecule has 3 aromatic rings. The van der Waals surface area contributed by atoms with Crippen molar-refractivity contribution in [2.24, 2.45) is 0 Å². The van der Waals surface area contributed by atoms with Crippen molar-refractivity contribution in [3.05, 3.63) is 47.1 Å². The fourth-order valence-corrected chi connectivity index (χ4v) is 3.75. The molecule has 0 N–H and O–H groups in total. The van der Waals surface area contributed by atoms with Gasteiger partial charge in [0.1, 0.15) is 10.7 Å². The summed E-state index contributed by atoms with van der Waals surface area (Å²) in [6, 6.07) is 10.1. The summed E-state index contributed by atoms with van der Waals surface area (Å²) < 4.78 is 0. The fraction of sp³-hybridized carbons (Fsp3) is 0.188. The molecule has 0 radical (unpaired) electrons. The first-order chi connectivity index (χ1) is 9.83. The molecule has 1 aromatic carbocycles. The van der Waals surface area contributed by atoms with Crippen LogP contribution in [-0.2, 0) is 6.42 Å². The van der Waals surface area contributed by atoms with Gasteiger partial charge < -0.3 is 0 Å². The zero-order valence-corrected chi connectivity index (χ0v) is 11.6. The van der Waals surface area contributed by atoms with E-state index < -0.39 is 0 Å². The van der Waals surface area contributed by atoms with E-state index in [4.69, 9.17) is 0 Å². The summed E-state index contributed by atoms with van der Waals surface area (Å²) in [5.74, 6) is 0.232. The second-order valence-electron chi connectivity index (χ2n) is 4.95. The number of rotatable bonds is 1. The van der Waals surface area contributed by atoms with Gasteiger partial charge in [0.15, 0.2) is 5.78 Å². The third-order valence-corrected chi connectivity index (χ3v) is 4.79. The first-order valence-corrected chi connectivity index (χ1v) is 7.51. The summed E-state index contributed by atoms with van der Waals surface area (Å²) >= 11 is 1.49. The fourth-order valence-electron chi connectivity index (χ4n) is 2.66. The maximum atomic E-state index is 11.9. The van der Waals surface area contributed by atoms with Crippen LogP contribution in [0.2, 0.25) is 0 Å². The predicted octanol–water partition coefficient (Wildman–Crippen LogP) is 3.88. The molecule has 1 aliphatic carbocycles. The number of aromatic nitrogens is 2. The molecule has 0 saturated heterocycles. The SMILES string of the molecule is O=C1CCCc2nc(-c3nccc4ccccc34)sc21. The molecule has 2 heterocycles. The van der Waals surface area contributed by atoms with Crippen molar-refractivity contribution in [3.63, 3.8) is 0 Å². The van der Waals surface area contributed by atoms with Gasteiger partial charge in [-0.15, -0.1) is 11.3 Å². The number of benzene rings is 1. The van der Waals surface area contributed by atoms with Gasteiger partial charge in [0, 0.05) is 18.0 Å². The standard InChI is InChI=1S/C16H12N2OS/c19-13-7-3-6-12-15(13)20-16(18-12)14-11-5-2-1-4-10(11)8-9-17-14/h1-2,4-5,8-9H,3,6-7H2. The molecule has 1 aliphatic rings. The first-order valence-electron chi connectivity index (χ1n) is 6.70. The molecule has 0 amide bonds. The number of hydrogen-bond acceptors (Lipinski definition) is 4. The van der Waals surface area contributed by atoms with Crippen molar-refractivity contribution in [2.75, 3.05) is 0 Å². The van der Waals surface area contributed by atoms with Crippen molar-refractivity contribution < 1.29 is 4.79 Å². The first kappa shape index (κ1) is 11.7. The highest BCUT2D eigenvalue weighted by Gasteiger charge is 2.23. The second-order valence-corrected chi connectivity index (χ2v) is 5.95. The van der Waals surface area contributed by atoms with Crippen LogP contribution < -0.4 is 0 Å². The molecule has 4 heteroatoms. The van der Waals surface area contributed by atoms with Gasteiger partial charge in [-0.3, -0.25) is 9.78 Å². The van der Waals surface area contributed by atoms with Gasteiger partial charge in [-0.05, 0) is 24.3 Å². The lowest BCUT2D eigenvalue weighted by molar-refractivity contribution is 0.0976. The van der Waals surface area contributed by atoms with Crippen LogP contribution in [0.15, 0.2) is 36.5 Å². The third-order valence-electron chi connectivity index (χ3n) is 3.64. The lowest BCUT2D eigenvalue weighted by Crippen LogP contribution is -2.07. The molecule has 0 aliphatic heterocycles. The minimum absolute atomic E-state index is 0.232. The van der Waals surface area contributed by atoms with Crippen LogP contribution in [0.4, 0.5) is 0 Å². The number of ketones is 1. The van der Waals surface area contributed by atoms with Crippen LogP contribution in [0.1, 0.15) is 28.2 Å². The normalized spacial score (nSPS) is 14.5. The highest BCUT2D eigenvalue weighted by Crippen LogP contribution is 2.34. The van der Waals surface area contributed by atoms with E-state index in [0.717, 1.165) is 44.9 Å². The minimum atomic E-state index is 0.232. The molecule has 0 saturated carbocycles. The molecule has 0 spiro atoms. The van der Waals surface area contributed by atoms with E-state index in [1.807, 2.05) is 18.2 Å². The summed E-state index contributed by atoms with van der Waals surface area (Å²) in [6.07, 6.45) is 4.28. The number of hydrogen-bond donors (Lipinski definition) is 0. The zero-order valence-electron chi connectivity index (χ0n) is 10.8. The van der Waals surface area contributed by atoms with E-state index >= 15 is 0 Å². The van der Waals surface area contributed by atoms with Gasteiger partial charge in [-0.25, -0.2) is 4.98 Å². The number of aryl methyl sites for hydroxylation is 1. The topological polar surface area (TPSA) is 42.9 Å². The summed E-state index contributed by atoms with van der Waals surface area (Å²) in [5, 5.41) is 3.10. The molecular weight excluding hydrogens is 268 g/mol. The van der Waals surface area contributed by atoms with Gasteiger partial charge >= 0.3 is 0 Å². The molecule has 0 fully saturated rings. The molecular formula is C16H12N2OS. The van der Waals surface area contributed by atoms with Crippen molar-refractivity contribution in [1.29, 1.82) is 0 Å². The molecule has 2 aromatic heterocycles. The van der Waals surface area contributed by atoms with E-state index in [1.165, 1.54) is 11.3 Å². The number of thiazole rings is 1. The molecule has 98 valence electrons. The molecule has 0 atom stereocenters. The maximum Gasteiger partial charge on any atom is 0.174 e. The Morgan fingerprint density at radius 2 is 2.00 bits per heavy atom.